The van der Waals surface area contributed by atoms with Crippen LogP contribution in [0.3, 0.4) is 0 Å². The standard InChI is InChI=1S/C3H3N3O3.BH3O3/c7-1-4-2(8)6-3(9)5-1;2-1(3)4/h(H3,4,5,6,7,8,9);2-4H. The third-order valence-electron chi connectivity index (χ3n) is 0.600. The Balaban J connectivity index is 0.000000310. The summed E-state index contributed by atoms with van der Waals surface area (Å²) in [5, 5.41) is 46.7. The summed E-state index contributed by atoms with van der Waals surface area (Å²) in [6.07, 6.45) is 0. The van der Waals surface area contributed by atoms with Gasteiger partial charge in [0.25, 0.3) is 0 Å². The van der Waals surface area contributed by atoms with Crippen molar-refractivity contribution in [3.63, 3.8) is 0 Å². The molecule has 6 N–H and O–H groups in total. The lowest BCUT2D eigenvalue weighted by Gasteiger charge is -1.90. The van der Waals surface area contributed by atoms with Crippen LogP contribution < -0.4 is 0 Å². The highest BCUT2D eigenvalue weighted by molar-refractivity contribution is 6.30. The summed E-state index contributed by atoms with van der Waals surface area (Å²) >= 11 is 0. The molecule has 0 amide bonds. The molecule has 0 aromatic carbocycles. The fourth-order valence-electron chi connectivity index (χ4n) is 0.343. The average molecular weight is 191 g/mol. The van der Waals surface area contributed by atoms with Crippen LogP contribution in [0.5, 0.6) is 18.0 Å². The maximum atomic E-state index is 8.41. The van der Waals surface area contributed by atoms with Crippen LogP contribution in [0.2, 0.25) is 0 Å². The van der Waals surface area contributed by atoms with Crippen molar-refractivity contribution in [2.24, 2.45) is 0 Å². The Morgan fingerprint density at radius 3 is 1.00 bits per heavy atom. The molecule has 0 aliphatic rings. The minimum absolute atomic E-state index is 0.708. The molecule has 0 saturated carbocycles. The first-order valence-corrected chi connectivity index (χ1v) is 2.79. The highest BCUT2D eigenvalue weighted by Gasteiger charge is 1.99. The third kappa shape index (κ3) is 6.74. The van der Waals surface area contributed by atoms with Crippen molar-refractivity contribution in [3.05, 3.63) is 0 Å². The fraction of sp³-hybridized carbons (Fsp3) is 0. The first kappa shape index (κ1) is 11.4. The van der Waals surface area contributed by atoms with Gasteiger partial charge in [-0.05, 0) is 0 Å². The molecule has 0 atom stereocenters. The summed E-state index contributed by atoms with van der Waals surface area (Å²) in [7, 11) is -2.17. The molecule has 0 fully saturated rings. The molecule has 1 aromatic heterocycles. The van der Waals surface area contributed by atoms with Crippen LogP contribution in [0, 0.1) is 0 Å². The van der Waals surface area contributed by atoms with Gasteiger partial charge in [-0.25, -0.2) is 0 Å². The first-order valence-electron chi connectivity index (χ1n) is 2.79. The molecular formula is C3H6BN3O6. The minimum atomic E-state index is -2.17. The predicted molar refractivity (Wildman–Crippen MR) is 37.2 cm³/mol. The van der Waals surface area contributed by atoms with Crippen LogP contribution in [-0.2, 0) is 0 Å². The maximum absolute atomic E-state index is 8.41. The van der Waals surface area contributed by atoms with Gasteiger partial charge in [0, 0.05) is 0 Å². The normalized spacial score (nSPS) is 8.54. The van der Waals surface area contributed by atoms with Crippen molar-refractivity contribution in [3.8, 4) is 18.0 Å². The van der Waals surface area contributed by atoms with E-state index in [2.05, 4.69) is 15.0 Å². The molecule has 9 nitrogen and oxygen atoms in total. The van der Waals surface area contributed by atoms with Crippen molar-refractivity contribution in [2.75, 3.05) is 0 Å². The molecular weight excluding hydrogens is 185 g/mol. The number of hydrogen-bond donors (Lipinski definition) is 6. The largest absolute Gasteiger partial charge is 0.631 e. The van der Waals surface area contributed by atoms with Crippen LogP contribution in [0.15, 0.2) is 0 Å². The number of aromatic hydroxyl groups is 3. The van der Waals surface area contributed by atoms with Gasteiger partial charge in [-0.15, -0.1) is 15.0 Å². The van der Waals surface area contributed by atoms with E-state index in [-0.39, 0.29) is 0 Å². The second-order valence-corrected chi connectivity index (χ2v) is 1.58. The van der Waals surface area contributed by atoms with E-state index in [1.54, 1.807) is 0 Å². The third-order valence-corrected chi connectivity index (χ3v) is 0.600. The molecule has 0 saturated heterocycles. The SMILES string of the molecule is OB(O)O.Oc1nc(O)nc(O)n1. The Morgan fingerprint density at radius 1 is 0.692 bits per heavy atom. The second-order valence-electron chi connectivity index (χ2n) is 1.58. The van der Waals surface area contributed by atoms with Crippen molar-refractivity contribution in [1.29, 1.82) is 0 Å². The van der Waals surface area contributed by atoms with E-state index < -0.39 is 25.4 Å². The van der Waals surface area contributed by atoms with Crippen LogP contribution in [0.25, 0.3) is 0 Å². The maximum Gasteiger partial charge on any atom is 0.631 e. The molecule has 10 heteroatoms. The summed E-state index contributed by atoms with van der Waals surface area (Å²) in [6, 6.07) is -2.12. The molecule has 0 spiro atoms. The zero-order valence-corrected chi connectivity index (χ0v) is 6.10. The molecule has 0 unspecified atom stereocenters. The van der Waals surface area contributed by atoms with E-state index in [9.17, 15) is 0 Å². The van der Waals surface area contributed by atoms with Gasteiger partial charge >= 0.3 is 25.4 Å². The van der Waals surface area contributed by atoms with Crippen molar-refractivity contribution >= 4 is 7.32 Å². The molecule has 1 heterocycles. The molecule has 72 valence electrons. The Hall–Kier alpha value is -1.65. The van der Waals surface area contributed by atoms with E-state index in [4.69, 9.17) is 30.4 Å². The van der Waals surface area contributed by atoms with Gasteiger partial charge < -0.3 is 30.4 Å². The Kier molecular flexibility index (Phi) is 4.44. The second kappa shape index (κ2) is 5.08. The van der Waals surface area contributed by atoms with Crippen LogP contribution in [-0.4, -0.2) is 52.7 Å². The fourth-order valence-corrected chi connectivity index (χ4v) is 0.343. The van der Waals surface area contributed by atoms with Crippen molar-refractivity contribution in [2.45, 2.75) is 0 Å². The Morgan fingerprint density at radius 2 is 0.846 bits per heavy atom. The van der Waals surface area contributed by atoms with Gasteiger partial charge in [0.15, 0.2) is 0 Å². The van der Waals surface area contributed by atoms with Gasteiger partial charge in [0.1, 0.15) is 0 Å². The summed E-state index contributed by atoms with van der Waals surface area (Å²) < 4.78 is 0. The van der Waals surface area contributed by atoms with Crippen LogP contribution in [0.1, 0.15) is 0 Å². The number of rotatable bonds is 0. The smallest absolute Gasteiger partial charge is 0.479 e. The predicted octanol–water partition coefficient (Wildman–Crippen LogP) is -3.06. The lowest BCUT2D eigenvalue weighted by atomic mass is 10.3. The van der Waals surface area contributed by atoms with Crippen molar-refractivity contribution in [1.82, 2.24) is 15.0 Å². The minimum Gasteiger partial charge on any atom is -0.479 e. The van der Waals surface area contributed by atoms with Gasteiger partial charge in [-0.2, -0.15) is 0 Å². The molecule has 0 bridgehead atoms. The number of nitrogens with zero attached hydrogens (tertiary/aromatic N) is 3. The number of hydrogen-bond acceptors (Lipinski definition) is 9. The molecule has 0 aliphatic heterocycles. The summed E-state index contributed by atoms with van der Waals surface area (Å²) in [5.41, 5.74) is 0. The van der Waals surface area contributed by atoms with Crippen LogP contribution >= 0.6 is 0 Å². The summed E-state index contributed by atoms with van der Waals surface area (Å²) in [4.78, 5) is 8.89. The average Bonchev–Trinajstić information content (AvgIpc) is 1.80. The molecule has 0 radical (unpaired) electrons. The molecule has 1 aromatic rings. The highest BCUT2D eigenvalue weighted by atomic mass is 16.5. The molecule has 1 rings (SSSR count). The van der Waals surface area contributed by atoms with E-state index in [1.165, 1.54) is 0 Å². The van der Waals surface area contributed by atoms with Gasteiger partial charge in [-0.3, -0.25) is 0 Å². The molecule has 0 aliphatic carbocycles. The van der Waals surface area contributed by atoms with Crippen molar-refractivity contribution < 1.29 is 30.4 Å². The van der Waals surface area contributed by atoms with Gasteiger partial charge in [0.05, 0.1) is 0 Å². The van der Waals surface area contributed by atoms with Gasteiger partial charge in [-0.1, -0.05) is 0 Å². The first-order chi connectivity index (χ1) is 5.91. The quantitative estimate of drug-likeness (QED) is 0.234. The monoisotopic (exact) mass is 191 g/mol. The zero-order chi connectivity index (χ0) is 10.4. The van der Waals surface area contributed by atoms with E-state index in [1.807, 2.05) is 0 Å². The molecule has 13 heavy (non-hydrogen) atoms. The van der Waals surface area contributed by atoms with Gasteiger partial charge in [0.2, 0.25) is 0 Å². The van der Waals surface area contributed by atoms with Crippen LogP contribution in [0.4, 0.5) is 0 Å². The zero-order valence-electron chi connectivity index (χ0n) is 6.10. The Bertz CT molecular complexity index is 216. The van der Waals surface area contributed by atoms with E-state index in [0.29, 0.717) is 0 Å². The topological polar surface area (TPSA) is 160 Å². The Labute approximate surface area is 71.8 Å². The lowest BCUT2D eigenvalue weighted by Crippen LogP contribution is -2.07. The summed E-state index contributed by atoms with van der Waals surface area (Å²) in [5.74, 6) is 0. The van der Waals surface area contributed by atoms with E-state index in [0.717, 1.165) is 0 Å². The number of aromatic nitrogens is 3. The lowest BCUT2D eigenvalue weighted by molar-refractivity contribution is 0.278. The van der Waals surface area contributed by atoms with E-state index >= 15 is 0 Å². The summed E-state index contributed by atoms with van der Waals surface area (Å²) in [6.45, 7) is 0. The highest BCUT2D eigenvalue weighted by Crippen LogP contribution is 2.08.